The molecule has 0 amide bonds. The molecule has 0 saturated heterocycles. The molecule has 0 aromatic carbocycles. The number of anilines is 1. The molecule has 2 heterocycles. The van der Waals surface area contributed by atoms with Crippen molar-refractivity contribution in [1.29, 1.82) is 0 Å². The molecular formula is C9H5Cl2FN4S. The van der Waals surface area contributed by atoms with Crippen LogP contribution < -0.4 is 5.73 Å². The zero-order valence-electron chi connectivity index (χ0n) is 8.19. The minimum absolute atomic E-state index is 0.0618. The lowest BCUT2D eigenvalue weighted by Gasteiger charge is -2.06. The van der Waals surface area contributed by atoms with Gasteiger partial charge in [-0.3, -0.25) is 0 Å². The number of nitrogen functional groups attached to an aromatic ring is 1. The highest BCUT2D eigenvalue weighted by molar-refractivity contribution is 7.99. The molecule has 0 unspecified atom stereocenters. The summed E-state index contributed by atoms with van der Waals surface area (Å²) < 4.78 is 13.5. The van der Waals surface area contributed by atoms with Crippen LogP contribution in [0.1, 0.15) is 0 Å². The second-order valence-corrected chi connectivity index (χ2v) is 4.71. The van der Waals surface area contributed by atoms with Crippen LogP contribution in [0.3, 0.4) is 0 Å². The van der Waals surface area contributed by atoms with Crippen LogP contribution in [-0.4, -0.2) is 15.0 Å². The SMILES string of the molecule is Nc1ncc(F)c(Sc2cnc(Cl)cn2)c1Cl. The van der Waals surface area contributed by atoms with Crippen LogP contribution >= 0.6 is 35.0 Å². The number of nitrogens with two attached hydrogens (primary N) is 1. The van der Waals surface area contributed by atoms with E-state index in [0.717, 1.165) is 18.0 Å². The molecule has 0 spiro atoms. The summed E-state index contributed by atoms with van der Waals surface area (Å²) >= 11 is 12.5. The Kier molecular flexibility index (Phi) is 3.66. The number of rotatable bonds is 2. The largest absolute Gasteiger partial charge is 0.382 e. The van der Waals surface area contributed by atoms with Gasteiger partial charge in [0.05, 0.1) is 28.5 Å². The molecule has 17 heavy (non-hydrogen) atoms. The minimum atomic E-state index is -0.564. The van der Waals surface area contributed by atoms with Crippen LogP contribution in [-0.2, 0) is 0 Å². The van der Waals surface area contributed by atoms with E-state index in [4.69, 9.17) is 28.9 Å². The maximum Gasteiger partial charge on any atom is 0.157 e. The first-order valence-electron chi connectivity index (χ1n) is 4.33. The third-order valence-corrected chi connectivity index (χ3v) is 3.47. The maximum absolute atomic E-state index is 13.5. The second kappa shape index (κ2) is 5.03. The fraction of sp³-hybridized carbons (Fsp3) is 0. The molecule has 0 aliphatic rings. The average Bonchev–Trinajstić information content (AvgIpc) is 2.32. The predicted molar refractivity (Wildman–Crippen MR) is 64.8 cm³/mol. The van der Waals surface area contributed by atoms with Crippen molar-refractivity contribution in [1.82, 2.24) is 15.0 Å². The van der Waals surface area contributed by atoms with Crippen molar-refractivity contribution in [2.24, 2.45) is 0 Å². The summed E-state index contributed by atoms with van der Waals surface area (Å²) in [4.78, 5) is 11.6. The summed E-state index contributed by atoms with van der Waals surface area (Å²) in [6.45, 7) is 0. The zero-order valence-corrected chi connectivity index (χ0v) is 10.5. The third kappa shape index (κ3) is 2.77. The van der Waals surface area contributed by atoms with Gasteiger partial charge in [-0.1, -0.05) is 35.0 Å². The van der Waals surface area contributed by atoms with Crippen LogP contribution in [0.2, 0.25) is 10.2 Å². The summed E-state index contributed by atoms with van der Waals surface area (Å²) in [7, 11) is 0. The topological polar surface area (TPSA) is 64.7 Å². The normalized spacial score (nSPS) is 10.5. The van der Waals surface area contributed by atoms with Crippen molar-refractivity contribution in [3.05, 3.63) is 34.6 Å². The Bertz CT molecular complexity index is 549. The average molecular weight is 291 g/mol. The number of halogens is 3. The Morgan fingerprint density at radius 2 is 1.88 bits per heavy atom. The molecule has 2 aromatic heterocycles. The van der Waals surface area contributed by atoms with E-state index in [1.54, 1.807) is 0 Å². The van der Waals surface area contributed by atoms with Crippen molar-refractivity contribution >= 4 is 40.8 Å². The molecule has 0 atom stereocenters. The molecule has 4 nitrogen and oxygen atoms in total. The van der Waals surface area contributed by atoms with Crippen LogP contribution in [0.5, 0.6) is 0 Å². The molecule has 2 aromatic rings. The highest BCUT2D eigenvalue weighted by atomic mass is 35.5. The fourth-order valence-electron chi connectivity index (χ4n) is 1.01. The Hall–Kier alpha value is -1.11. The van der Waals surface area contributed by atoms with E-state index in [-0.39, 0.29) is 20.9 Å². The maximum atomic E-state index is 13.5. The van der Waals surface area contributed by atoms with Gasteiger partial charge in [-0.05, 0) is 0 Å². The second-order valence-electron chi connectivity index (χ2n) is 2.91. The van der Waals surface area contributed by atoms with Gasteiger partial charge in [0.15, 0.2) is 5.82 Å². The number of aromatic nitrogens is 3. The molecule has 0 fully saturated rings. The Labute approximate surface area is 110 Å². The van der Waals surface area contributed by atoms with E-state index >= 15 is 0 Å². The molecule has 0 aliphatic carbocycles. The van der Waals surface area contributed by atoms with Crippen molar-refractivity contribution in [3.63, 3.8) is 0 Å². The van der Waals surface area contributed by atoms with Gasteiger partial charge in [0.1, 0.15) is 16.0 Å². The standard InChI is InChI=1S/C9H5Cl2FN4S/c10-5-2-15-6(3-14-5)17-8-4(12)1-16-9(13)7(8)11/h1-3H,(H2,13,16). The van der Waals surface area contributed by atoms with Crippen molar-refractivity contribution in [2.45, 2.75) is 9.92 Å². The minimum Gasteiger partial charge on any atom is -0.382 e. The van der Waals surface area contributed by atoms with Crippen LogP contribution in [0, 0.1) is 5.82 Å². The molecule has 0 aliphatic heterocycles. The molecule has 2 N–H and O–H groups in total. The van der Waals surface area contributed by atoms with Crippen molar-refractivity contribution in [2.75, 3.05) is 5.73 Å². The molecule has 2 rings (SSSR count). The van der Waals surface area contributed by atoms with Crippen molar-refractivity contribution in [3.8, 4) is 0 Å². The number of hydrogen-bond donors (Lipinski definition) is 1. The van der Waals surface area contributed by atoms with Crippen LogP contribution in [0.25, 0.3) is 0 Å². The monoisotopic (exact) mass is 290 g/mol. The first-order chi connectivity index (χ1) is 8.08. The van der Waals surface area contributed by atoms with Gasteiger partial charge >= 0.3 is 0 Å². The number of hydrogen-bond acceptors (Lipinski definition) is 5. The lowest BCUT2D eigenvalue weighted by atomic mass is 10.4. The van der Waals surface area contributed by atoms with Gasteiger partial charge in [-0.25, -0.2) is 19.3 Å². The van der Waals surface area contributed by atoms with Gasteiger partial charge in [0, 0.05) is 0 Å². The van der Waals surface area contributed by atoms with Crippen molar-refractivity contribution < 1.29 is 4.39 Å². The third-order valence-electron chi connectivity index (χ3n) is 1.76. The summed E-state index contributed by atoms with van der Waals surface area (Å²) in [5, 5.41) is 0.780. The summed E-state index contributed by atoms with van der Waals surface area (Å²) in [5.74, 6) is -0.497. The lowest BCUT2D eigenvalue weighted by molar-refractivity contribution is 0.596. The van der Waals surface area contributed by atoms with E-state index in [1.165, 1.54) is 12.4 Å². The molecule has 0 saturated carbocycles. The van der Waals surface area contributed by atoms with E-state index in [2.05, 4.69) is 15.0 Å². The zero-order chi connectivity index (χ0) is 12.4. The van der Waals surface area contributed by atoms with Gasteiger partial charge < -0.3 is 5.73 Å². The smallest absolute Gasteiger partial charge is 0.157 e. The van der Waals surface area contributed by atoms with E-state index < -0.39 is 5.82 Å². The van der Waals surface area contributed by atoms with Gasteiger partial charge in [-0.2, -0.15) is 0 Å². The quantitative estimate of drug-likeness (QED) is 0.921. The summed E-state index contributed by atoms with van der Waals surface area (Å²) in [5.41, 5.74) is 5.49. The Balaban J connectivity index is 2.36. The first-order valence-corrected chi connectivity index (χ1v) is 5.90. The number of pyridine rings is 1. The Morgan fingerprint density at radius 3 is 2.53 bits per heavy atom. The molecule has 8 heteroatoms. The molecule has 88 valence electrons. The van der Waals surface area contributed by atoms with Gasteiger partial charge in [0.25, 0.3) is 0 Å². The Morgan fingerprint density at radius 1 is 1.12 bits per heavy atom. The van der Waals surface area contributed by atoms with Crippen LogP contribution in [0.4, 0.5) is 10.2 Å². The fourth-order valence-corrected chi connectivity index (χ4v) is 2.13. The van der Waals surface area contributed by atoms with E-state index in [9.17, 15) is 4.39 Å². The first kappa shape index (κ1) is 12.3. The summed E-state index contributed by atoms with van der Waals surface area (Å²) in [6, 6.07) is 0. The summed E-state index contributed by atoms with van der Waals surface area (Å²) in [6.07, 6.45) is 3.78. The molecular weight excluding hydrogens is 286 g/mol. The lowest BCUT2D eigenvalue weighted by Crippen LogP contribution is -1.95. The van der Waals surface area contributed by atoms with Crippen LogP contribution in [0.15, 0.2) is 28.5 Å². The van der Waals surface area contributed by atoms with E-state index in [0.29, 0.717) is 5.03 Å². The van der Waals surface area contributed by atoms with E-state index in [1.807, 2.05) is 0 Å². The highest BCUT2D eigenvalue weighted by Gasteiger charge is 2.13. The highest BCUT2D eigenvalue weighted by Crippen LogP contribution is 2.36. The predicted octanol–water partition coefficient (Wildman–Crippen LogP) is 3.05. The number of nitrogens with zero attached hydrogens (tertiary/aromatic N) is 3. The molecule has 0 bridgehead atoms. The van der Waals surface area contributed by atoms with Gasteiger partial charge in [0.2, 0.25) is 0 Å². The van der Waals surface area contributed by atoms with Gasteiger partial charge in [-0.15, -0.1) is 0 Å². The molecule has 0 radical (unpaired) electrons.